The maximum Gasteiger partial charge on any atom is 0.235 e. The van der Waals surface area contributed by atoms with E-state index < -0.39 is 0 Å². The van der Waals surface area contributed by atoms with E-state index in [0.717, 1.165) is 36.0 Å². The summed E-state index contributed by atoms with van der Waals surface area (Å²) in [6.07, 6.45) is 5.16. The van der Waals surface area contributed by atoms with E-state index in [1.807, 2.05) is 29.3 Å². The van der Waals surface area contributed by atoms with Gasteiger partial charge in [0.25, 0.3) is 0 Å². The minimum absolute atomic E-state index is 0.164. The topological polar surface area (TPSA) is 76.3 Å². The third kappa shape index (κ3) is 3.38. The normalized spacial score (nSPS) is 16.3. The Hall–Kier alpha value is -2.00. The van der Waals surface area contributed by atoms with E-state index in [1.54, 1.807) is 10.7 Å². The number of thioether (sulfide) groups is 1. The fraction of sp³-hybridized carbons (Fsp3) is 0.438. The van der Waals surface area contributed by atoms with Crippen LogP contribution in [0.4, 0.5) is 0 Å². The Morgan fingerprint density at radius 1 is 1.24 bits per heavy atom. The van der Waals surface area contributed by atoms with Crippen molar-refractivity contribution in [1.29, 1.82) is 0 Å². The Bertz CT molecular complexity index is 872. The van der Waals surface area contributed by atoms with Crippen LogP contribution in [0.2, 0.25) is 0 Å². The molecule has 130 valence electrons. The number of rotatable bonds is 4. The zero-order valence-corrected chi connectivity index (χ0v) is 15.5. The monoisotopic (exact) mass is 374 g/mol. The third-order valence-electron chi connectivity index (χ3n) is 4.17. The molecular formula is C16H18N6OS2. The average Bonchev–Trinajstić information content (AvgIpc) is 3.30. The van der Waals surface area contributed by atoms with E-state index >= 15 is 0 Å². The van der Waals surface area contributed by atoms with Gasteiger partial charge in [0.15, 0.2) is 10.7 Å². The van der Waals surface area contributed by atoms with Gasteiger partial charge in [-0.05, 0) is 38.3 Å². The number of thiazole rings is 1. The minimum Gasteiger partial charge on any atom is -0.342 e. The lowest BCUT2D eigenvalue weighted by molar-refractivity contribution is -0.131. The average molecular weight is 374 g/mol. The molecule has 1 saturated heterocycles. The molecule has 4 rings (SSSR count). The van der Waals surface area contributed by atoms with E-state index in [9.17, 15) is 4.79 Å². The van der Waals surface area contributed by atoms with Gasteiger partial charge in [-0.25, -0.2) is 4.98 Å². The first-order chi connectivity index (χ1) is 12.2. The molecule has 3 aromatic rings. The molecule has 1 fully saturated rings. The maximum absolute atomic E-state index is 12.6. The Morgan fingerprint density at radius 3 is 2.84 bits per heavy atom. The van der Waals surface area contributed by atoms with Gasteiger partial charge in [0, 0.05) is 24.7 Å². The lowest BCUT2D eigenvalue weighted by Crippen LogP contribution is -2.40. The van der Waals surface area contributed by atoms with E-state index in [2.05, 4.69) is 20.3 Å². The van der Waals surface area contributed by atoms with Gasteiger partial charge in [-0.3, -0.25) is 4.79 Å². The summed E-state index contributed by atoms with van der Waals surface area (Å²) in [6.45, 7) is 3.69. The highest BCUT2D eigenvalue weighted by Crippen LogP contribution is 2.26. The summed E-state index contributed by atoms with van der Waals surface area (Å²) in [5, 5.41) is 16.2. The number of hydrogen-bond acceptors (Lipinski definition) is 7. The van der Waals surface area contributed by atoms with Crippen LogP contribution in [0, 0.1) is 0 Å². The van der Waals surface area contributed by atoms with Crippen LogP contribution < -0.4 is 0 Å². The number of carbonyl (C=O) groups excluding carboxylic acids is 1. The van der Waals surface area contributed by atoms with E-state index in [1.165, 1.54) is 29.5 Å². The molecule has 0 aliphatic carbocycles. The zero-order valence-electron chi connectivity index (χ0n) is 13.8. The molecule has 1 amide bonds. The van der Waals surface area contributed by atoms with Crippen molar-refractivity contribution in [2.75, 3.05) is 13.1 Å². The number of hydrogen-bond donors (Lipinski definition) is 0. The molecule has 0 bridgehead atoms. The van der Waals surface area contributed by atoms with Crippen molar-refractivity contribution in [3.05, 3.63) is 23.7 Å². The number of likely N-dealkylation sites (tertiary alicyclic amines) is 1. The van der Waals surface area contributed by atoms with Gasteiger partial charge < -0.3 is 4.90 Å². The molecule has 1 aliphatic rings. The Balaban J connectivity index is 1.55. The highest BCUT2D eigenvalue weighted by Gasteiger charge is 2.23. The summed E-state index contributed by atoms with van der Waals surface area (Å²) in [4.78, 5) is 18.9. The van der Waals surface area contributed by atoms with Gasteiger partial charge in [-0.1, -0.05) is 11.8 Å². The second-order valence-electron chi connectivity index (χ2n) is 5.95. The standard InChI is InChI=1S/C16H18N6OS2/c1-11(16(23)21-8-3-2-4-9-21)25-13-6-5-12-18-19-14(22(12)20-13)15-17-7-10-24-15/h5-7,10-11H,2-4,8-9H2,1H3/t11-/m1/s1. The minimum atomic E-state index is -0.164. The fourth-order valence-corrected chi connectivity index (χ4v) is 4.40. The van der Waals surface area contributed by atoms with Crippen LogP contribution in [0.3, 0.4) is 0 Å². The van der Waals surface area contributed by atoms with E-state index in [-0.39, 0.29) is 11.2 Å². The lowest BCUT2D eigenvalue weighted by Gasteiger charge is -2.28. The number of fused-ring (bicyclic) bond motifs is 1. The maximum atomic E-state index is 12.6. The van der Waals surface area contributed by atoms with Crippen molar-refractivity contribution in [3.63, 3.8) is 0 Å². The van der Waals surface area contributed by atoms with Crippen molar-refractivity contribution >= 4 is 34.7 Å². The van der Waals surface area contributed by atoms with Crippen LogP contribution in [0.1, 0.15) is 26.2 Å². The summed E-state index contributed by atoms with van der Waals surface area (Å²) in [6, 6.07) is 3.76. The van der Waals surface area contributed by atoms with Crippen molar-refractivity contribution in [1.82, 2.24) is 29.7 Å². The predicted octanol–water partition coefficient (Wildman–Crippen LogP) is 2.74. The zero-order chi connectivity index (χ0) is 17.2. The van der Waals surface area contributed by atoms with Crippen LogP contribution >= 0.6 is 23.1 Å². The summed E-state index contributed by atoms with van der Waals surface area (Å²) in [5.41, 5.74) is 0.671. The van der Waals surface area contributed by atoms with Gasteiger partial charge >= 0.3 is 0 Å². The largest absolute Gasteiger partial charge is 0.342 e. The quantitative estimate of drug-likeness (QED) is 0.654. The Kier molecular flexibility index (Phi) is 4.67. The van der Waals surface area contributed by atoms with E-state index in [0.29, 0.717) is 11.5 Å². The Labute approximate surface area is 153 Å². The number of nitrogens with zero attached hydrogens (tertiary/aromatic N) is 6. The van der Waals surface area contributed by atoms with Crippen LogP contribution in [-0.4, -0.2) is 53.9 Å². The predicted molar refractivity (Wildman–Crippen MR) is 97.6 cm³/mol. The molecule has 0 spiro atoms. The van der Waals surface area contributed by atoms with Gasteiger partial charge in [-0.2, -0.15) is 9.61 Å². The highest BCUT2D eigenvalue weighted by molar-refractivity contribution is 8.00. The SMILES string of the molecule is C[C@@H](Sc1ccc2nnc(-c3nccs3)n2n1)C(=O)N1CCCCC1. The first-order valence-corrected chi connectivity index (χ1v) is 10.1. The molecule has 0 radical (unpaired) electrons. The fourth-order valence-electron chi connectivity index (χ4n) is 2.91. The van der Waals surface area contributed by atoms with Crippen molar-refractivity contribution in [3.8, 4) is 10.8 Å². The van der Waals surface area contributed by atoms with Crippen LogP contribution in [0.5, 0.6) is 0 Å². The summed E-state index contributed by atoms with van der Waals surface area (Å²) >= 11 is 2.97. The third-order valence-corrected chi connectivity index (χ3v) is 5.96. The van der Waals surface area contributed by atoms with Gasteiger partial charge in [0.05, 0.1) is 5.25 Å². The summed E-state index contributed by atoms with van der Waals surface area (Å²) in [7, 11) is 0. The first-order valence-electron chi connectivity index (χ1n) is 8.30. The molecule has 4 heterocycles. The van der Waals surface area contributed by atoms with Crippen LogP contribution in [0.15, 0.2) is 28.7 Å². The smallest absolute Gasteiger partial charge is 0.235 e. The molecule has 0 unspecified atom stereocenters. The molecular weight excluding hydrogens is 356 g/mol. The second-order valence-corrected chi connectivity index (χ2v) is 8.20. The molecule has 0 aromatic carbocycles. The van der Waals surface area contributed by atoms with Gasteiger partial charge in [-0.15, -0.1) is 21.5 Å². The van der Waals surface area contributed by atoms with Crippen molar-refractivity contribution in [2.24, 2.45) is 0 Å². The van der Waals surface area contributed by atoms with Gasteiger partial charge in [0.2, 0.25) is 11.7 Å². The molecule has 7 nitrogen and oxygen atoms in total. The first kappa shape index (κ1) is 16.5. The molecule has 1 aliphatic heterocycles. The molecule has 3 aromatic heterocycles. The molecule has 0 N–H and O–H groups in total. The highest BCUT2D eigenvalue weighted by atomic mass is 32.2. The van der Waals surface area contributed by atoms with Crippen molar-refractivity contribution < 1.29 is 4.79 Å². The van der Waals surface area contributed by atoms with Crippen molar-refractivity contribution in [2.45, 2.75) is 36.5 Å². The molecule has 9 heteroatoms. The summed E-state index contributed by atoms with van der Waals surface area (Å²) < 4.78 is 1.69. The summed E-state index contributed by atoms with van der Waals surface area (Å²) in [5.74, 6) is 0.818. The van der Waals surface area contributed by atoms with E-state index in [4.69, 9.17) is 0 Å². The number of piperidine rings is 1. The second kappa shape index (κ2) is 7.09. The van der Waals surface area contributed by atoms with Crippen LogP contribution in [0.25, 0.3) is 16.5 Å². The lowest BCUT2D eigenvalue weighted by atomic mass is 10.1. The van der Waals surface area contributed by atoms with Gasteiger partial charge in [0.1, 0.15) is 5.03 Å². The number of amides is 1. The van der Waals surface area contributed by atoms with Crippen LogP contribution in [-0.2, 0) is 4.79 Å². The number of carbonyl (C=O) groups is 1. The Morgan fingerprint density at radius 2 is 2.08 bits per heavy atom. The molecule has 1 atom stereocenters. The molecule has 25 heavy (non-hydrogen) atoms. The molecule has 0 saturated carbocycles. The number of aromatic nitrogens is 5.